The van der Waals surface area contributed by atoms with Crippen molar-refractivity contribution in [3.8, 4) is 5.75 Å². The molecule has 3 aromatic rings. The van der Waals surface area contributed by atoms with Crippen LogP contribution in [0.25, 0.3) is 0 Å². The Morgan fingerprint density at radius 1 is 0.963 bits per heavy atom. The van der Waals surface area contributed by atoms with Crippen LogP contribution < -0.4 is 4.74 Å². The van der Waals surface area contributed by atoms with Crippen molar-refractivity contribution in [2.24, 2.45) is 0 Å². The van der Waals surface area contributed by atoms with Gasteiger partial charge in [-0.15, -0.1) is 0 Å². The van der Waals surface area contributed by atoms with Gasteiger partial charge in [-0.1, -0.05) is 36.4 Å². The second-order valence-corrected chi connectivity index (χ2v) is 7.28. The lowest BCUT2D eigenvalue weighted by Gasteiger charge is -2.31. The highest BCUT2D eigenvalue weighted by Crippen LogP contribution is 2.34. The molecule has 1 atom stereocenters. The summed E-state index contributed by atoms with van der Waals surface area (Å²) in [6.45, 7) is 8.08. The zero-order valence-corrected chi connectivity index (χ0v) is 16.3. The molecule has 4 rings (SSSR count). The van der Waals surface area contributed by atoms with Crippen molar-refractivity contribution in [3.63, 3.8) is 0 Å². The third-order valence-corrected chi connectivity index (χ3v) is 5.50. The first-order valence-electron chi connectivity index (χ1n) is 9.92. The van der Waals surface area contributed by atoms with Crippen molar-refractivity contribution >= 4 is 0 Å². The molecule has 2 aromatic carbocycles. The summed E-state index contributed by atoms with van der Waals surface area (Å²) in [5.41, 5.74) is 5.48. The Balaban J connectivity index is 1.71. The van der Waals surface area contributed by atoms with E-state index in [-0.39, 0.29) is 6.04 Å². The van der Waals surface area contributed by atoms with Crippen LogP contribution in [0.15, 0.2) is 66.9 Å². The Labute approximate surface area is 162 Å². The molecule has 0 saturated carbocycles. The Hall–Kier alpha value is -2.52. The van der Waals surface area contributed by atoms with Crippen LogP contribution in [0, 0.1) is 6.92 Å². The molecule has 0 bridgehead atoms. The third kappa shape index (κ3) is 3.79. The molecular formula is C24H28N2O. The predicted octanol–water partition coefficient (Wildman–Crippen LogP) is 5.19. The minimum atomic E-state index is 0.262. The van der Waals surface area contributed by atoms with E-state index >= 15 is 0 Å². The van der Waals surface area contributed by atoms with Gasteiger partial charge >= 0.3 is 0 Å². The van der Waals surface area contributed by atoms with E-state index in [9.17, 15) is 0 Å². The van der Waals surface area contributed by atoms with Crippen LogP contribution >= 0.6 is 0 Å². The quantitative estimate of drug-likeness (QED) is 0.623. The van der Waals surface area contributed by atoms with E-state index < -0.39 is 0 Å². The maximum atomic E-state index is 5.65. The molecule has 3 heteroatoms. The molecule has 0 aliphatic carbocycles. The largest absolute Gasteiger partial charge is 0.494 e. The van der Waals surface area contributed by atoms with Gasteiger partial charge in [-0.25, -0.2) is 0 Å². The van der Waals surface area contributed by atoms with E-state index in [4.69, 9.17) is 4.74 Å². The van der Waals surface area contributed by atoms with Crippen molar-refractivity contribution in [2.45, 2.75) is 39.4 Å². The van der Waals surface area contributed by atoms with Crippen LogP contribution in [0.4, 0.5) is 0 Å². The number of aromatic nitrogens is 1. The highest BCUT2D eigenvalue weighted by Gasteiger charge is 2.27. The summed E-state index contributed by atoms with van der Waals surface area (Å²) >= 11 is 0. The summed E-state index contributed by atoms with van der Waals surface area (Å²) in [6.07, 6.45) is 3.38. The SMILES string of the molecule is CCOc1ccc([C@H]2c3cccn3CCCN2Cc2ccccc2C)cc1. The minimum absolute atomic E-state index is 0.262. The van der Waals surface area contributed by atoms with Crippen LogP contribution in [0.1, 0.15) is 41.8 Å². The molecule has 0 N–H and O–H groups in total. The second-order valence-electron chi connectivity index (χ2n) is 7.28. The normalized spacial score (nSPS) is 17.3. The first kappa shape index (κ1) is 17.9. The number of hydrogen-bond acceptors (Lipinski definition) is 2. The number of benzene rings is 2. The zero-order chi connectivity index (χ0) is 18.6. The average molecular weight is 361 g/mol. The van der Waals surface area contributed by atoms with Gasteiger partial charge in [0.05, 0.1) is 12.6 Å². The lowest BCUT2D eigenvalue weighted by Crippen LogP contribution is -2.29. The number of rotatable bonds is 5. The molecule has 2 heterocycles. The van der Waals surface area contributed by atoms with Gasteiger partial charge in [0.25, 0.3) is 0 Å². The minimum Gasteiger partial charge on any atom is -0.494 e. The monoisotopic (exact) mass is 360 g/mol. The van der Waals surface area contributed by atoms with Crippen LogP contribution in [0.3, 0.4) is 0 Å². The van der Waals surface area contributed by atoms with E-state index in [1.54, 1.807) is 0 Å². The van der Waals surface area contributed by atoms with Gasteiger partial charge < -0.3 is 9.30 Å². The lowest BCUT2D eigenvalue weighted by atomic mass is 10.00. The number of fused-ring (bicyclic) bond motifs is 1. The summed E-state index contributed by atoms with van der Waals surface area (Å²) in [4.78, 5) is 2.62. The van der Waals surface area contributed by atoms with Crippen molar-refractivity contribution in [1.29, 1.82) is 0 Å². The highest BCUT2D eigenvalue weighted by atomic mass is 16.5. The summed E-state index contributed by atoms with van der Waals surface area (Å²) in [5.74, 6) is 0.940. The first-order chi connectivity index (χ1) is 13.3. The van der Waals surface area contributed by atoms with Gasteiger partial charge in [-0.3, -0.25) is 4.90 Å². The molecule has 27 heavy (non-hydrogen) atoms. The maximum absolute atomic E-state index is 5.65. The molecular weight excluding hydrogens is 332 g/mol. The second kappa shape index (κ2) is 8.01. The van der Waals surface area contributed by atoms with E-state index in [0.717, 1.165) is 25.4 Å². The fourth-order valence-corrected chi connectivity index (χ4v) is 4.11. The molecule has 0 radical (unpaired) electrons. The number of aryl methyl sites for hydroxylation is 2. The molecule has 140 valence electrons. The number of nitrogens with zero attached hydrogens (tertiary/aromatic N) is 2. The average Bonchev–Trinajstić information content (AvgIpc) is 3.06. The summed E-state index contributed by atoms with van der Waals surface area (Å²) < 4.78 is 8.06. The molecule has 3 nitrogen and oxygen atoms in total. The number of ether oxygens (including phenoxy) is 1. The van der Waals surface area contributed by atoms with Gasteiger partial charge in [-0.2, -0.15) is 0 Å². The summed E-state index contributed by atoms with van der Waals surface area (Å²) in [7, 11) is 0. The Bertz CT molecular complexity index is 881. The van der Waals surface area contributed by atoms with E-state index in [2.05, 4.69) is 83.3 Å². The van der Waals surface area contributed by atoms with Gasteiger partial charge in [0.1, 0.15) is 5.75 Å². The molecule has 0 spiro atoms. The number of hydrogen-bond donors (Lipinski definition) is 0. The standard InChI is InChI=1S/C24H28N2O/c1-3-27-22-13-11-20(12-14-22)24-23-10-6-15-25(23)16-7-17-26(24)18-21-9-5-4-8-19(21)2/h4-6,8-15,24H,3,7,16-18H2,1-2H3/t24-/m0/s1. The van der Waals surface area contributed by atoms with Crippen molar-refractivity contribution in [2.75, 3.05) is 13.2 Å². The van der Waals surface area contributed by atoms with Gasteiger partial charge in [0.2, 0.25) is 0 Å². The topological polar surface area (TPSA) is 17.4 Å². The fourth-order valence-electron chi connectivity index (χ4n) is 4.11. The molecule has 1 aromatic heterocycles. The van der Waals surface area contributed by atoms with E-state index in [1.807, 2.05) is 6.92 Å². The van der Waals surface area contributed by atoms with Crippen molar-refractivity contribution in [3.05, 3.63) is 89.2 Å². The zero-order valence-electron chi connectivity index (χ0n) is 16.3. The molecule has 0 amide bonds. The predicted molar refractivity (Wildman–Crippen MR) is 110 cm³/mol. The molecule has 0 fully saturated rings. The molecule has 1 aliphatic heterocycles. The van der Waals surface area contributed by atoms with E-state index in [0.29, 0.717) is 6.61 Å². The van der Waals surface area contributed by atoms with E-state index in [1.165, 1.54) is 28.8 Å². The smallest absolute Gasteiger partial charge is 0.119 e. The first-order valence-corrected chi connectivity index (χ1v) is 9.92. The van der Waals surface area contributed by atoms with Crippen LogP contribution in [-0.2, 0) is 13.1 Å². The lowest BCUT2D eigenvalue weighted by molar-refractivity contribution is 0.220. The van der Waals surface area contributed by atoms with Crippen molar-refractivity contribution < 1.29 is 4.74 Å². The van der Waals surface area contributed by atoms with Crippen LogP contribution in [0.5, 0.6) is 5.75 Å². The maximum Gasteiger partial charge on any atom is 0.119 e. The molecule has 1 aliphatic rings. The third-order valence-electron chi connectivity index (χ3n) is 5.50. The molecule has 0 saturated heterocycles. The van der Waals surface area contributed by atoms with Crippen LogP contribution in [-0.4, -0.2) is 22.6 Å². The highest BCUT2D eigenvalue weighted by molar-refractivity contribution is 5.35. The Kier molecular flexibility index (Phi) is 5.30. The van der Waals surface area contributed by atoms with Crippen LogP contribution in [0.2, 0.25) is 0 Å². The summed E-state index contributed by atoms with van der Waals surface area (Å²) in [6, 6.07) is 22.1. The Morgan fingerprint density at radius 2 is 1.78 bits per heavy atom. The summed E-state index contributed by atoms with van der Waals surface area (Å²) in [5, 5.41) is 0. The van der Waals surface area contributed by atoms with Gasteiger partial charge in [0.15, 0.2) is 0 Å². The Morgan fingerprint density at radius 3 is 2.56 bits per heavy atom. The van der Waals surface area contributed by atoms with Gasteiger partial charge in [-0.05, 0) is 61.2 Å². The molecule has 0 unspecified atom stereocenters. The van der Waals surface area contributed by atoms with Gasteiger partial charge in [0, 0.05) is 31.5 Å². The fraction of sp³-hybridized carbons (Fsp3) is 0.333. The van der Waals surface area contributed by atoms with Crippen molar-refractivity contribution in [1.82, 2.24) is 9.47 Å².